The number of benzene rings is 1. The van der Waals surface area contributed by atoms with Crippen molar-refractivity contribution in [1.82, 2.24) is 14.8 Å². The van der Waals surface area contributed by atoms with Crippen molar-refractivity contribution in [3.63, 3.8) is 0 Å². The summed E-state index contributed by atoms with van der Waals surface area (Å²) < 4.78 is 63.3. The summed E-state index contributed by atoms with van der Waals surface area (Å²) in [5.41, 5.74) is 5.92. The average Bonchev–Trinajstić information content (AvgIpc) is 3.06. The standard InChI is InChI=1S/C22H23F4N5O2/c1-31-21(18-8-6-15(27)14(25)10-33-18)17(9-28-31)30-22(32)16-7-5-13(24)20(29-16)11-3-2-4-12(23)19(11)26/h2-5,7,9,14-15,18,22,30,32H,6,8,10,27H2,1H3/t14-,15-,18+,22?/m1/s1. The lowest BCUT2D eigenvalue weighted by molar-refractivity contribution is 0.0246. The van der Waals surface area contributed by atoms with Crippen LogP contribution in [0.3, 0.4) is 0 Å². The zero-order chi connectivity index (χ0) is 23.7. The van der Waals surface area contributed by atoms with Crippen molar-refractivity contribution in [3.8, 4) is 11.3 Å². The molecular weight excluding hydrogens is 442 g/mol. The quantitative estimate of drug-likeness (QED) is 0.394. The maximum Gasteiger partial charge on any atom is 0.168 e. The summed E-state index contributed by atoms with van der Waals surface area (Å²) in [7, 11) is 1.68. The predicted molar refractivity (Wildman–Crippen MR) is 112 cm³/mol. The van der Waals surface area contributed by atoms with Crippen LogP contribution in [0.1, 0.15) is 36.6 Å². The highest BCUT2D eigenvalue weighted by atomic mass is 19.2. The minimum absolute atomic E-state index is 0.0301. The molecule has 0 spiro atoms. The zero-order valence-electron chi connectivity index (χ0n) is 17.7. The van der Waals surface area contributed by atoms with Gasteiger partial charge in [0.15, 0.2) is 17.9 Å². The van der Waals surface area contributed by atoms with Crippen LogP contribution in [0.25, 0.3) is 11.3 Å². The molecule has 1 unspecified atom stereocenters. The number of aliphatic hydroxyl groups excluding tert-OH is 1. The maximum absolute atomic E-state index is 14.3. The van der Waals surface area contributed by atoms with Gasteiger partial charge in [-0.25, -0.2) is 22.5 Å². The monoisotopic (exact) mass is 465 g/mol. The van der Waals surface area contributed by atoms with E-state index in [9.17, 15) is 22.7 Å². The first-order chi connectivity index (χ1) is 15.8. The molecule has 1 aliphatic rings. The molecule has 1 aliphatic heterocycles. The number of aliphatic hydroxyl groups is 1. The van der Waals surface area contributed by atoms with E-state index in [-0.39, 0.29) is 17.9 Å². The number of rotatable bonds is 5. The van der Waals surface area contributed by atoms with Gasteiger partial charge < -0.3 is 20.9 Å². The summed E-state index contributed by atoms with van der Waals surface area (Å²) in [4.78, 5) is 4.01. The second-order valence-corrected chi connectivity index (χ2v) is 7.86. The summed E-state index contributed by atoms with van der Waals surface area (Å²) in [5.74, 6) is -3.26. The predicted octanol–water partition coefficient (Wildman–Crippen LogP) is 3.52. The highest BCUT2D eigenvalue weighted by Crippen LogP contribution is 2.34. The van der Waals surface area contributed by atoms with Gasteiger partial charge in [-0.15, -0.1) is 0 Å². The van der Waals surface area contributed by atoms with Crippen molar-refractivity contribution in [1.29, 1.82) is 0 Å². The van der Waals surface area contributed by atoms with E-state index in [2.05, 4.69) is 15.4 Å². The minimum Gasteiger partial charge on any atom is -0.369 e. The van der Waals surface area contributed by atoms with Crippen LogP contribution in [0.15, 0.2) is 36.5 Å². The molecule has 33 heavy (non-hydrogen) atoms. The third-order valence-electron chi connectivity index (χ3n) is 5.62. The number of anilines is 1. The summed E-state index contributed by atoms with van der Waals surface area (Å²) in [5, 5.41) is 17.7. The van der Waals surface area contributed by atoms with Crippen molar-refractivity contribution >= 4 is 5.69 Å². The molecule has 7 nitrogen and oxygen atoms in total. The van der Waals surface area contributed by atoms with Crippen LogP contribution in [0.5, 0.6) is 0 Å². The molecule has 3 aromatic rings. The Kier molecular flexibility index (Phi) is 6.63. The third kappa shape index (κ3) is 4.70. The third-order valence-corrected chi connectivity index (χ3v) is 5.62. The summed E-state index contributed by atoms with van der Waals surface area (Å²) in [6.07, 6.45) is -0.931. The topological polar surface area (TPSA) is 98.2 Å². The van der Waals surface area contributed by atoms with Crippen LogP contribution in [0, 0.1) is 17.5 Å². The molecule has 176 valence electrons. The lowest BCUT2D eigenvalue weighted by atomic mass is 10.0. The summed E-state index contributed by atoms with van der Waals surface area (Å²) >= 11 is 0. The first kappa shape index (κ1) is 23.1. The summed E-state index contributed by atoms with van der Waals surface area (Å²) in [6.45, 7) is -0.166. The van der Waals surface area contributed by atoms with E-state index in [1.165, 1.54) is 29.1 Å². The highest BCUT2D eigenvalue weighted by molar-refractivity contribution is 5.61. The molecule has 1 saturated heterocycles. The maximum atomic E-state index is 14.3. The SMILES string of the molecule is Cn1ncc(NC(O)c2ccc(F)c(-c3cccc(F)c3F)n2)c1[C@@H]1CC[C@@H](N)[C@H](F)CO1. The van der Waals surface area contributed by atoms with Gasteiger partial charge in [0.2, 0.25) is 0 Å². The Bertz CT molecular complexity index is 1130. The Morgan fingerprint density at radius 3 is 2.76 bits per heavy atom. The molecule has 4 N–H and O–H groups in total. The van der Waals surface area contributed by atoms with Crippen molar-refractivity contribution < 1.29 is 27.4 Å². The van der Waals surface area contributed by atoms with Crippen molar-refractivity contribution in [3.05, 3.63) is 65.4 Å². The number of ether oxygens (including phenoxy) is 1. The van der Waals surface area contributed by atoms with Crippen molar-refractivity contribution in [2.24, 2.45) is 12.8 Å². The number of aromatic nitrogens is 3. The largest absolute Gasteiger partial charge is 0.369 e. The van der Waals surface area contributed by atoms with E-state index in [0.29, 0.717) is 24.2 Å². The number of halogens is 4. The lowest BCUT2D eigenvalue weighted by Crippen LogP contribution is -2.32. The van der Waals surface area contributed by atoms with Gasteiger partial charge >= 0.3 is 0 Å². The number of hydrogen-bond donors (Lipinski definition) is 3. The Morgan fingerprint density at radius 1 is 1.18 bits per heavy atom. The Balaban J connectivity index is 1.60. The molecule has 11 heteroatoms. The zero-order valence-corrected chi connectivity index (χ0v) is 17.7. The number of alkyl halides is 1. The van der Waals surface area contributed by atoms with Gasteiger partial charge in [-0.2, -0.15) is 5.10 Å². The van der Waals surface area contributed by atoms with E-state index in [1.54, 1.807) is 7.05 Å². The van der Waals surface area contributed by atoms with Crippen molar-refractivity contribution in [2.75, 3.05) is 11.9 Å². The second-order valence-electron chi connectivity index (χ2n) is 7.86. The fourth-order valence-corrected chi connectivity index (χ4v) is 3.80. The second kappa shape index (κ2) is 9.46. The summed E-state index contributed by atoms with van der Waals surface area (Å²) in [6, 6.07) is 4.94. The molecule has 2 aromatic heterocycles. The van der Waals surface area contributed by atoms with Crippen LogP contribution < -0.4 is 11.1 Å². The van der Waals surface area contributed by atoms with Crippen LogP contribution in [-0.2, 0) is 11.8 Å². The number of nitrogens with zero attached hydrogens (tertiary/aromatic N) is 3. The Labute approximate surface area is 187 Å². The first-order valence-corrected chi connectivity index (χ1v) is 10.3. The normalized spacial score (nSPS) is 22.1. The average molecular weight is 465 g/mol. The van der Waals surface area contributed by atoms with Gasteiger partial charge in [0, 0.05) is 18.7 Å². The van der Waals surface area contributed by atoms with Gasteiger partial charge in [-0.3, -0.25) is 4.68 Å². The molecule has 0 amide bonds. The molecule has 1 aromatic carbocycles. The van der Waals surface area contributed by atoms with Gasteiger partial charge in [0.1, 0.15) is 23.8 Å². The van der Waals surface area contributed by atoms with E-state index in [0.717, 1.165) is 12.1 Å². The Morgan fingerprint density at radius 2 is 1.97 bits per heavy atom. The minimum atomic E-state index is -1.44. The van der Waals surface area contributed by atoms with Crippen molar-refractivity contribution in [2.45, 2.75) is 37.4 Å². The van der Waals surface area contributed by atoms with Gasteiger partial charge in [-0.05, 0) is 37.1 Å². The molecule has 0 bridgehead atoms. The molecule has 3 heterocycles. The molecule has 4 rings (SSSR count). The molecule has 4 atom stereocenters. The van der Waals surface area contributed by atoms with Crippen LogP contribution in [0.2, 0.25) is 0 Å². The number of nitrogens with two attached hydrogens (primary N) is 1. The van der Waals surface area contributed by atoms with E-state index < -0.39 is 47.7 Å². The van der Waals surface area contributed by atoms with Gasteiger partial charge in [-0.1, -0.05) is 6.07 Å². The first-order valence-electron chi connectivity index (χ1n) is 10.3. The smallest absolute Gasteiger partial charge is 0.168 e. The fourth-order valence-electron chi connectivity index (χ4n) is 3.80. The molecule has 0 saturated carbocycles. The lowest BCUT2D eigenvalue weighted by Gasteiger charge is -2.20. The van der Waals surface area contributed by atoms with E-state index in [4.69, 9.17) is 10.5 Å². The Hall–Kier alpha value is -3.02. The highest BCUT2D eigenvalue weighted by Gasteiger charge is 2.30. The van der Waals surface area contributed by atoms with E-state index in [1.807, 2.05) is 0 Å². The van der Waals surface area contributed by atoms with Gasteiger partial charge in [0.05, 0.1) is 29.9 Å². The number of nitrogens with one attached hydrogen (secondary N) is 1. The molecule has 1 fully saturated rings. The van der Waals surface area contributed by atoms with Crippen LogP contribution in [0.4, 0.5) is 23.2 Å². The number of aryl methyl sites for hydroxylation is 1. The van der Waals surface area contributed by atoms with E-state index >= 15 is 0 Å². The van der Waals surface area contributed by atoms with Crippen LogP contribution in [-0.4, -0.2) is 38.7 Å². The molecular formula is C22H23F4N5O2. The van der Waals surface area contributed by atoms with Gasteiger partial charge in [0.25, 0.3) is 0 Å². The molecule has 0 radical (unpaired) electrons. The molecule has 0 aliphatic carbocycles. The van der Waals surface area contributed by atoms with Crippen LogP contribution >= 0.6 is 0 Å². The fraction of sp³-hybridized carbons (Fsp3) is 0.364. The number of pyridine rings is 1. The number of hydrogen-bond acceptors (Lipinski definition) is 6.